The van der Waals surface area contributed by atoms with Gasteiger partial charge >= 0.3 is 0 Å². The van der Waals surface area contributed by atoms with E-state index in [9.17, 15) is 4.79 Å². The van der Waals surface area contributed by atoms with E-state index in [1.807, 2.05) is 18.2 Å². The third kappa shape index (κ3) is 4.35. The fourth-order valence-corrected chi connectivity index (χ4v) is 2.80. The Balaban J connectivity index is 1.90. The Kier molecular flexibility index (Phi) is 5.40. The zero-order valence-electron chi connectivity index (χ0n) is 11.3. The summed E-state index contributed by atoms with van der Waals surface area (Å²) in [6.45, 7) is 0.929. The summed E-state index contributed by atoms with van der Waals surface area (Å²) >= 11 is 0. The lowest BCUT2D eigenvalue weighted by molar-refractivity contribution is -0.125. The topological polar surface area (TPSA) is 49.3 Å². The van der Waals surface area contributed by atoms with E-state index in [1.165, 1.54) is 5.56 Å². The fourth-order valence-electron chi connectivity index (χ4n) is 2.80. The smallest absolute Gasteiger partial charge is 0.223 e. The summed E-state index contributed by atoms with van der Waals surface area (Å²) in [4.78, 5) is 12.1. The van der Waals surface area contributed by atoms with Gasteiger partial charge in [0.2, 0.25) is 5.91 Å². The van der Waals surface area contributed by atoms with E-state index >= 15 is 0 Å². The molecule has 2 atom stereocenters. The molecule has 3 nitrogen and oxygen atoms in total. The predicted octanol–water partition coefficient (Wildman–Crippen LogP) is 2.14. The highest BCUT2D eigenvalue weighted by Crippen LogP contribution is 2.21. The highest BCUT2D eigenvalue weighted by atomic mass is 16.3. The molecule has 1 aromatic rings. The van der Waals surface area contributed by atoms with Crippen molar-refractivity contribution in [2.75, 3.05) is 13.2 Å². The van der Waals surface area contributed by atoms with Crippen molar-refractivity contribution in [1.82, 2.24) is 5.32 Å². The lowest BCUT2D eigenvalue weighted by Crippen LogP contribution is -2.37. The van der Waals surface area contributed by atoms with Crippen molar-refractivity contribution < 1.29 is 9.90 Å². The molecule has 19 heavy (non-hydrogen) atoms. The average molecular weight is 261 g/mol. The second kappa shape index (κ2) is 7.29. The van der Waals surface area contributed by atoms with Gasteiger partial charge in [-0.1, -0.05) is 36.8 Å². The Morgan fingerprint density at radius 1 is 1.21 bits per heavy atom. The molecule has 0 radical (unpaired) electrons. The second-order valence-corrected chi connectivity index (χ2v) is 5.44. The molecule has 2 rings (SSSR count). The van der Waals surface area contributed by atoms with Crippen LogP contribution in [-0.4, -0.2) is 24.2 Å². The van der Waals surface area contributed by atoms with Crippen LogP contribution in [0.3, 0.4) is 0 Å². The molecular formula is C16H23NO2. The number of carbonyl (C=O) groups excluding carboxylic acids is 1. The van der Waals surface area contributed by atoms with Crippen LogP contribution in [0.25, 0.3) is 0 Å². The zero-order chi connectivity index (χ0) is 13.5. The standard InChI is InChI=1S/C16H23NO2/c18-10-9-14-7-4-8-15(16(19)17-12-14)11-13-5-2-1-3-6-13/h1-3,5-6,14-15,18H,4,7-12H2,(H,17,19)/t14-,15-/m0/s1. The summed E-state index contributed by atoms with van der Waals surface area (Å²) < 4.78 is 0. The number of aliphatic hydroxyl groups excluding tert-OH is 1. The van der Waals surface area contributed by atoms with Crippen molar-refractivity contribution in [1.29, 1.82) is 0 Å². The Hall–Kier alpha value is -1.35. The predicted molar refractivity (Wildman–Crippen MR) is 75.7 cm³/mol. The maximum absolute atomic E-state index is 12.1. The van der Waals surface area contributed by atoms with Crippen LogP contribution in [0, 0.1) is 11.8 Å². The number of hydrogen-bond acceptors (Lipinski definition) is 2. The van der Waals surface area contributed by atoms with Gasteiger partial charge in [-0.05, 0) is 37.2 Å². The zero-order valence-corrected chi connectivity index (χ0v) is 11.3. The largest absolute Gasteiger partial charge is 0.396 e. The van der Waals surface area contributed by atoms with Crippen LogP contribution in [0.5, 0.6) is 0 Å². The summed E-state index contributed by atoms with van der Waals surface area (Å²) in [6.07, 6.45) is 4.76. The molecule has 1 amide bonds. The van der Waals surface area contributed by atoms with Crippen molar-refractivity contribution in [2.45, 2.75) is 32.1 Å². The molecule has 104 valence electrons. The first-order chi connectivity index (χ1) is 9.29. The molecule has 1 heterocycles. The maximum atomic E-state index is 12.1. The van der Waals surface area contributed by atoms with Crippen LogP contribution >= 0.6 is 0 Å². The molecule has 0 bridgehead atoms. The fraction of sp³-hybridized carbons (Fsp3) is 0.562. The van der Waals surface area contributed by atoms with Crippen molar-refractivity contribution >= 4 is 5.91 Å². The van der Waals surface area contributed by atoms with Gasteiger partial charge in [-0.3, -0.25) is 4.79 Å². The highest BCUT2D eigenvalue weighted by Gasteiger charge is 2.22. The van der Waals surface area contributed by atoms with Gasteiger partial charge in [0.15, 0.2) is 0 Å². The molecule has 0 spiro atoms. The molecular weight excluding hydrogens is 238 g/mol. The maximum Gasteiger partial charge on any atom is 0.223 e. The molecule has 0 unspecified atom stereocenters. The number of amides is 1. The minimum Gasteiger partial charge on any atom is -0.396 e. The number of carbonyl (C=O) groups is 1. The Bertz CT molecular complexity index is 391. The normalized spacial score (nSPS) is 24.4. The minimum absolute atomic E-state index is 0.0949. The van der Waals surface area contributed by atoms with Gasteiger partial charge in [0, 0.05) is 19.1 Å². The van der Waals surface area contributed by atoms with Crippen LogP contribution in [0.15, 0.2) is 30.3 Å². The van der Waals surface area contributed by atoms with Crippen LogP contribution < -0.4 is 5.32 Å². The molecule has 0 aliphatic carbocycles. The Morgan fingerprint density at radius 3 is 2.74 bits per heavy atom. The number of nitrogens with one attached hydrogen (secondary N) is 1. The van der Waals surface area contributed by atoms with Crippen molar-refractivity contribution in [3.05, 3.63) is 35.9 Å². The van der Waals surface area contributed by atoms with E-state index in [2.05, 4.69) is 17.4 Å². The summed E-state index contributed by atoms with van der Waals surface area (Å²) in [6, 6.07) is 10.2. The van der Waals surface area contributed by atoms with Gasteiger partial charge in [-0.25, -0.2) is 0 Å². The van der Waals surface area contributed by atoms with E-state index in [0.717, 1.165) is 32.1 Å². The Morgan fingerprint density at radius 2 is 2.00 bits per heavy atom. The van der Waals surface area contributed by atoms with Crippen molar-refractivity contribution in [3.8, 4) is 0 Å². The number of aliphatic hydroxyl groups is 1. The summed E-state index contributed by atoms with van der Waals surface area (Å²) in [5.41, 5.74) is 1.23. The molecule has 1 aliphatic heterocycles. The van der Waals surface area contributed by atoms with Crippen molar-refractivity contribution in [3.63, 3.8) is 0 Å². The van der Waals surface area contributed by atoms with E-state index in [-0.39, 0.29) is 18.4 Å². The van der Waals surface area contributed by atoms with E-state index in [0.29, 0.717) is 12.5 Å². The van der Waals surface area contributed by atoms with Gasteiger partial charge in [-0.2, -0.15) is 0 Å². The highest BCUT2D eigenvalue weighted by molar-refractivity contribution is 5.79. The summed E-state index contributed by atoms with van der Waals surface area (Å²) in [7, 11) is 0. The van der Waals surface area contributed by atoms with Crippen molar-refractivity contribution in [2.24, 2.45) is 11.8 Å². The molecule has 1 saturated heterocycles. The van der Waals surface area contributed by atoms with E-state index in [1.54, 1.807) is 0 Å². The summed E-state index contributed by atoms with van der Waals surface area (Å²) in [5.74, 6) is 0.704. The van der Waals surface area contributed by atoms with Crippen LogP contribution in [0.1, 0.15) is 31.2 Å². The number of rotatable bonds is 4. The molecule has 0 saturated carbocycles. The van der Waals surface area contributed by atoms with E-state index < -0.39 is 0 Å². The van der Waals surface area contributed by atoms with Gasteiger partial charge in [0.25, 0.3) is 0 Å². The first-order valence-electron chi connectivity index (χ1n) is 7.22. The quantitative estimate of drug-likeness (QED) is 0.872. The van der Waals surface area contributed by atoms with E-state index in [4.69, 9.17) is 5.11 Å². The number of benzene rings is 1. The Labute approximate surface area is 115 Å². The van der Waals surface area contributed by atoms with Gasteiger partial charge in [-0.15, -0.1) is 0 Å². The third-order valence-corrected chi connectivity index (χ3v) is 3.96. The molecule has 1 fully saturated rings. The lowest BCUT2D eigenvalue weighted by atomic mass is 9.88. The van der Waals surface area contributed by atoms with Crippen LogP contribution in [0.4, 0.5) is 0 Å². The first kappa shape index (κ1) is 14.1. The average Bonchev–Trinajstić information content (AvgIpc) is 2.43. The second-order valence-electron chi connectivity index (χ2n) is 5.44. The molecule has 3 heteroatoms. The first-order valence-corrected chi connectivity index (χ1v) is 7.22. The van der Waals surface area contributed by atoms with Gasteiger partial charge in [0.1, 0.15) is 0 Å². The monoisotopic (exact) mass is 261 g/mol. The molecule has 2 N–H and O–H groups in total. The van der Waals surface area contributed by atoms with Gasteiger partial charge < -0.3 is 10.4 Å². The van der Waals surface area contributed by atoms with Gasteiger partial charge in [0.05, 0.1) is 0 Å². The number of hydrogen-bond donors (Lipinski definition) is 2. The summed E-state index contributed by atoms with van der Waals surface area (Å²) in [5, 5.41) is 12.0. The van der Waals surface area contributed by atoms with Crippen LogP contribution in [-0.2, 0) is 11.2 Å². The molecule has 0 aromatic heterocycles. The lowest BCUT2D eigenvalue weighted by Gasteiger charge is -2.24. The SMILES string of the molecule is O=C1NC[C@H](CCO)CCC[C@H]1Cc1ccccc1. The molecule has 1 aromatic carbocycles. The molecule has 1 aliphatic rings. The minimum atomic E-state index is 0.0949. The van der Waals surface area contributed by atoms with Crippen LogP contribution in [0.2, 0.25) is 0 Å². The third-order valence-electron chi connectivity index (χ3n) is 3.96.